The fraction of sp³-hybridized carbons (Fsp3) is 0.531. The zero-order valence-corrected chi connectivity index (χ0v) is 29.5. The summed E-state index contributed by atoms with van der Waals surface area (Å²) in [6, 6.07) is 10.6. The van der Waals surface area contributed by atoms with Crippen LogP contribution in [0, 0.1) is 10.8 Å². The smallest absolute Gasteiger partial charge is 0.328 e. The van der Waals surface area contributed by atoms with Gasteiger partial charge in [0.25, 0.3) is 0 Å². The van der Waals surface area contributed by atoms with Crippen LogP contribution in [0.3, 0.4) is 0 Å². The van der Waals surface area contributed by atoms with Crippen molar-refractivity contribution < 1.29 is 23.5 Å². The van der Waals surface area contributed by atoms with Crippen molar-refractivity contribution in [2.24, 2.45) is 10.8 Å². The Labute approximate surface area is 249 Å². The van der Waals surface area contributed by atoms with Crippen molar-refractivity contribution in [3.8, 4) is 5.75 Å². The molecule has 2 atom stereocenters. The highest BCUT2D eigenvalue weighted by molar-refractivity contribution is 7.13. The summed E-state index contributed by atoms with van der Waals surface area (Å²) >= 11 is 1.68. The molecule has 0 saturated carbocycles. The van der Waals surface area contributed by atoms with Gasteiger partial charge in [-0.2, -0.15) is 0 Å². The van der Waals surface area contributed by atoms with Crippen LogP contribution < -0.4 is 4.74 Å². The summed E-state index contributed by atoms with van der Waals surface area (Å²) in [5, 5.41) is 8.88. The van der Waals surface area contributed by atoms with Crippen LogP contribution in [0.2, 0.25) is 26.2 Å². The fourth-order valence-electron chi connectivity index (χ4n) is 4.54. The molecule has 0 fully saturated rings. The van der Waals surface area contributed by atoms with Crippen LogP contribution in [0.25, 0.3) is 5.57 Å². The van der Waals surface area contributed by atoms with Gasteiger partial charge >= 0.3 is 5.97 Å². The third-order valence-electron chi connectivity index (χ3n) is 6.29. The molecule has 0 amide bonds. The van der Waals surface area contributed by atoms with E-state index < -0.39 is 24.0 Å². The Morgan fingerprint density at radius 1 is 0.925 bits per heavy atom. The fourth-order valence-corrected chi connectivity index (χ4v) is 7.76. The van der Waals surface area contributed by atoms with Crippen LogP contribution in [0.4, 0.5) is 0 Å². The highest BCUT2D eigenvalue weighted by atomic mass is 32.1. The third kappa shape index (κ3) is 10.5. The molecule has 0 aliphatic heterocycles. The van der Waals surface area contributed by atoms with Crippen molar-refractivity contribution in [3.63, 3.8) is 0 Å². The van der Waals surface area contributed by atoms with E-state index in [2.05, 4.69) is 105 Å². The molecule has 0 radical (unpaired) electrons. The third-order valence-corrected chi connectivity index (χ3v) is 9.06. The van der Waals surface area contributed by atoms with E-state index in [9.17, 15) is 4.79 Å². The van der Waals surface area contributed by atoms with Crippen LogP contribution in [0.5, 0.6) is 5.75 Å². The standard InChI is InChI=1S/C32H50O5SSi2/c1-12-22(14-13-15-28(33)34)27-19-17-24(38-27)21-35-23-16-18-25(29(31(2,3)4)36-39(8)9)26(20-23)30(32(5,6)7)37-40(10)11/h13-20,29-30,39-40H,12,21H2,1-11H3,(H,33,34). The average molecular weight is 603 g/mol. The van der Waals surface area contributed by atoms with Gasteiger partial charge in [0, 0.05) is 15.8 Å². The molecule has 2 rings (SSSR count). The maximum atomic E-state index is 10.8. The molecule has 222 valence electrons. The number of hydrogen-bond donors (Lipinski definition) is 1. The second kappa shape index (κ2) is 14.8. The number of carbonyl (C=O) groups is 1. The van der Waals surface area contributed by atoms with Gasteiger partial charge in [-0.25, -0.2) is 4.79 Å². The van der Waals surface area contributed by atoms with Gasteiger partial charge in [0.15, 0.2) is 18.1 Å². The van der Waals surface area contributed by atoms with Crippen molar-refractivity contribution >= 4 is 41.0 Å². The monoisotopic (exact) mass is 602 g/mol. The lowest BCUT2D eigenvalue weighted by molar-refractivity contribution is -0.131. The van der Waals surface area contributed by atoms with Gasteiger partial charge in [0.1, 0.15) is 12.4 Å². The zero-order valence-electron chi connectivity index (χ0n) is 26.3. The lowest BCUT2D eigenvalue weighted by Gasteiger charge is -2.39. The van der Waals surface area contributed by atoms with Crippen LogP contribution in [-0.4, -0.2) is 29.2 Å². The van der Waals surface area contributed by atoms with Gasteiger partial charge in [-0.3, -0.25) is 0 Å². The van der Waals surface area contributed by atoms with Crippen LogP contribution in [0.15, 0.2) is 48.6 Å². The van der Waals surface area contributed by atoms with Crippen molar-refractivity contribution in [2.75, 3.05) is 0 Å². The quantitative estimate of drug-likeness (QED) is 0.141. The Morgan fingerprint density at radius 3 is 2.00 bits per heavy atom. The van der Waals surface area contributed by atoms with E-state index in [1.165, 1.54) is 5.56 Å². The molecular weight excluding hydrogens is 553 g/mol. The van der Waals surface area contributed by atoms with Crippen LogP contribution in [0.1, 0.15) is 88.0 Å². The lowest BCUT2D eigenvalue weighted by atomic mass is 9.77. The maximum absolute atomic E-state index is 10.8. The molecule has 0 bridgehead atoms. The number of thiophene rings is 1. The molecule has 2 unspecified atom stereocenters. The van der Waals surface area contributed by atoms with Gasteiger partial charge in [-0.1, -0.05) is 66.7 Å². The first-order valence-corrected chi connectivity index (χ1v) is 20.7. The first kappa shape index (κ1) is 34.2. The predicted molar refractivity (Wildman–Crippen MR) is 174 cm³/mol. The summed E-state index contributed by atoms with van der Waals surface area (Å²) in [5.74, 6) is -0.124. The number of aliphatic carboxylic acids is 1. The minimum absolute atomic E-state index is 0.0280. The number of carboxylic acids is 1. The van der Waals surface area contributed by atoms with E-state index in [4.69, 9.17) is 18.7 Å². The van der Waals surface area contributed by atoms with E-state index >= 15 is 0 Å². The lowest BCUT2D eigenvalue weighted by Crippen LogP contribution is -2.31. The summed E-state index contributed by atoms with van der Waals surface area (Å²) in [7, 11) is -2.65. The van der Waals surface area contributed by atoms with E-state index in [0.717, 1.165) is 39.1 Å². The SMILES string of the molecule is CCC(=CC=CC(=O)O)c1ccc(COc2ccc(C(O[SiH](C)C)C(C)(C)C)c(C(O[SiH](C)C)C(C)(C)C)c2)s1. The Kier molecular flexibility index (Phi) is 12.6. The van der Waals surface area contributed by atoms with Crippen LogP contribution >= 0.6 is 11.3 Å². The molecule has 40 heavy (non-hydrogen) atoms. The molecule has 1 aromatic carbocycles. The van der Waals surface area contributed by atoms with Crippen molar-refractivity contribution in [1.82, 2.24) is 0 Å². The number of allylic oxidation sites excluding steroid dienone is 3. The molecule has 1 heterocycles. The summed E-state index contributed by atoms with van der Waals surface area (Å²) in [4.78, 5) is 13.1. The number of carboxylic acid groups (broad SMARTS) is 1. The highest BCUT2D eigenvalue weighted by Gasteiger charge is 2.36. The highest BCUT2D eigenvalue weighted by Crippen LogP contribution is 2.46. The average Bonchev–Trinajstić information content (AvgIpc) is 3.29. The Hall–Kier alpha value is -1.98. The van der Waals surface area contributed by atoms with Crippen LogP contribution in [-0.2, 0) is 20.3 Å². The molecular formula is C32H50O5SSi2. The molecule has 0 spiro atoms. The summed E-state index contributed by atoms with van der Waals surface area (Å²) in [6.45, 7) is 24.9. The molecule has 2 aromatic rings. The Balaban J connectivity index is 2.45. The van der Waals surface area contributed by atoms with E-state index in [0.29, 0.717) is 6.61 Å². The molecule has 1 N–H and O–H groups in total. The number of ether oxygens (including phenoxy) is 1. The van der Waals surface area contributed by atoms with E-state index in [-0.39, 0.29) is 23.0 Å². The second-order valence-corrected chi connectivity index (χ2v) is 18.9. The summed E-state index contributed by atoms with van der Waals surface area (Å²) < 4.78 is 19.7. The first-order valence-electron chi connectivity index (χ1n) is 14.3. The number of rotatable bonds is 13. The Morgan fingerprint density at radius 2 is 1.50 bits per heavy atom. The predicted octanol–water partition coefficient (Wildman–Crippen LogP) is 8.94. The second-order valence-electron chi connectivity index (χ2n) is 12.9. The van der Waals surface area contributed by atoms with Gasteiger partial charge in [-0.15, -0.1) is 11.3 Å². The summed E-state index contributed by atoms with van der Waals surface area (Å²) in [5.41, 5.74) is 3.30. The van der Waals surface area contributed by atoms with Gasteiger partial charge < -0.3 is 18.7 Å². The molecule has 0 aliphatic rings. The molecule has 0 aliphatic carbocycles. The van der Waals surface area contributed by atoms with Gasteiger partial charge in [0.2, 0.25) is 0 Å². The molecule has 5 nitrogen and oxygen atoms in total. The van der Waals surface area contributed by atoms with Crippen molar-refractivity contribution in [1.29, 1.82) is 0 Å². The van der Waals surface area contributed by atoms with Crippen molar-refractivity contribution in [3.05, 3.63) is 69.4 Å². The number of benzene rings is 1. The minimum Gasteiger partial charge on any atom is -0.488 e. The maximum Gasteiger partial charge on any atom is 0.328 e. The number of hydrogen-bond acceptors (Lipinski definition) is 5. The van der Waals surface area contributed by atoms with E-state index in [1.807, 2.05) is 6.08 Å². The van der Waals surface area contributed by atoms with Gasteiger partial charge in [0.05, 0.1) is 12.2 Å². The minimum atomic E-state index is -1.34. The largest absolute Gasteiger partial charge is 0.488 e. The molecule has 1 aromatic heterocycles. The molecule has 8 heteroatoms. The van der Waals surface area contributed by atoms with Crippen molar-refractivity contribution in [2.45, 2.75) is 99.9 Å². The van der Waals surface area contributed by atoms with E-state index in [1.54, 1.807) is 17.4 Å². The zero-order chi connectivity index (χ0) is 30.3. The van der Waals surface area contributed by atoms with Gasteiger partial charge in [-0.05, 0) is 84.4 Å². The topological polar surface area (TPSA) is 65.0 Å². The normalized spacial score (nSPS) is 14.8. The first-order chi connectivity index (χ1) is 18.5. The Bertz CT molecular complexity index is 1170. The summed E-state index contributed by atoms with van der Waals surface area (Å²) in [6.07, 6.45) is 5.34. The molecule has 0 saturated heterocycles.